The van der Waals surface area contributed by atoms with Gasteiger partial charge < -0.3 is 9.64 Å². The first-order valence-corrected chi connectivity index (χ1v) is 12.8. The Morgan fingerprint density at radius 1 is 0.857 bits per heavy atom. The number of hydrogen-bond acceptors (Lipinski definition) is 3. The van der Waals surface area contributed by atoms with Gasteiger partial charge in [-0.15, -0.1) is 0 Å². The van der Waals surface area contributed by atoms with E-state index in [1.165, 1.54) is 22.3 Å². The van der Waals surface area contributed by atoms with Gasteiger partial charge in [0, 0.05) is 29.5 Å². The lowest BCUT2D eigenvalue weighted by molar-refractivity contribution is 0.00651. The standard InChI is InChI=1S/C31H31NO3/c1-20-8-6-9-21(16-20)30(33)22-17-23-10-7-11-24(18-22)32(23)31(34)35-19-29-27-14-4-2-12-25(27)26-13-3-5-15-28(26)29/h2-6,8-9,12-16,22-24,29H,7,10-11,17-19H2,1H3. The molecule has 2 atom stereocenters. The van der Waals surface area contributed by atoms with Gasteiger partial charge in [-0.3, -0.25) is 4.79 Å². The van der Waals surface area contributed by atoms with Gasteiger partial charge in [0.1, 0.15) is 6.61 Å². The van der Waals surface area contributed by atoms with Crippen molar-refractivity contribution in [3.05, 3.63) is 95.1 Å². The number of Topliss-reactive ketones (excluding diaryl/α,β-unsaturated/α-hetero) is 1. The van der Waals surface area contributed by atoms with E-state index in [1.807, 2.05) is 36.1 Å². The molecule has 2 aliphatic heterocycles. The van der Waals surface area contributed by atoms with Crippen LogP contribution < -0.4 is 0 Å². The summed E-state index contributed by atoms with van der Waals surface area (Å²) < 4.78 is 6.01. The summed E-state index contributed by atoms with van der Waals surface area (Å²) in [5.74, 6) is 0.258. The highest BCUT2D eigenvalue weighted by atomic mass is 16.6. The summed E-state index contributed by atoms with van der Waals surface area (Å²) in [6.45, 7) is 2.36. The minimum absolute atomic E-state index is 0.0234. The Morgan fingerprint density at radius 3 is 2.11 bits per heavy atom. The number of carbonyl (C=O) groups is 2. The predicted octanol–water partition coefficient (Wildman–Crippen LogP) is 6.76. The van der Waals surface area contributed by atoms with Crippen LogP contribution in [0.25, 0.3) is 11.1 Å². The maximum atomic E-state index is 13.4. The van der Waals surface area contributed by atoms with Crippen molar-refractivity contribution in [3.8, 4) is 11.1 Å². The van der Waals surface area contributed by atoms with Crippen LogP contribution in [-0.4, -0.2) is 35.5 Å². The van der Waals surface area contributed by atoms with Crippen molar-refractivity contribution in [1.29, 1.82) is 0 Å². The summed E-state index contributed by atoms with van der Waals surface area (Å²) in [6, 6.07) is 24.9. The van der Waals surface area contributed by atoms with E-state index in [4.69, 9.17) is 4.74 Å². The fourth-order valence-electron chi connectivity index (χ4n) is 6.60. The van der Waals surface area contributed by atoms with E-state index >= 15 is 0 Å². The maximum absolute atomic E-state index is 13.4. The fraction of sp³-hybridized carbons (Fsp3) is 0.355. The first-order valence-electron chi connectivity index (χ1n) is 12.8. The minimum Gasteiger partial charge on any atom is -0.448 e. The van der Waals surface area contributed by atoms with E-state index in [-0.39, 0.29) is 35.8 Å². The molecule has 178 valence electrons. The van der Waals surface area contributed by atoms with Gasteiger partial charge in [0.05, 0.1) is 0 Å². The molecule has 0 aromatic heterocycles. The monoisotopic (exact) mass is 465 g/mol. The van der Waals surface area contributed by atoms with E-state index in [0.717, 1.165) is 43.2 Å². The number of rotatable bonds is 4. The zero-order valence-corrected chi connectivity index (χ0v) is 20.2. The number of aryl methyl sites for hydroxylation is 1. The van der Waals surface area contributed by atoms with E-state index in [9.17, 15) is 9.59 Å². The van der Waals surface area contributed by atoms with Gasteiger partial charge in [-0.1, -0.05) is 72.3 Å². The fourth-order valence-corrected chi connectivity index (χ4v) is 6.60. The zero-order valence-electron chi connectivity index (χ0n) is 20.2. The second-order valence-corrected chi connectivity index (χ2v) is 10.4. The van der Waals surface area contributed by atoms with Crippen LogP contribution in [0.3, 0.4) is 0 Å². The molecule has 3 aromatic carbocycles. The van der Waals surface area contributed by atoms with E-state index in [1.54, 1.807) is 0 Å². The van der Waals surface area contributed by atoms with Crippen LogP contribution in [0.15, 0.2) is 72.8 Å². The number of piperidine rings is 2. The number of benzene rings is 3. The third-order valence-corrected chi connectivity index (χ3v) is 8.19. The van der Waals surface area contributed by atoms with Crippen molar-refractivity contribution >= 4 is 11.9 Å². The van der Waals surface area contributed by atoms with Gasteiger partial charge in [-0.05, 0) is 67.3 Å². The topological polar surface area (TPSA) is 46.6 Å². The highest BCUT2D eigenvalue weighted by Gasteiger charge is 2.44. The largest absolute Gasteiger partial charge is 0.448 e. The molecule has 6 rings (SSSR count). The van der Waals surface area contributed by atoms with Crippen molar-refractivity contribution in [3.63, 3.8) is 0 Å². The van der Waals surface area contributed by atoms with Crippen molar-refractivity contribution in [2.24, 2.45) is 5.92 Å². The Morgan fingerprint density at radius 2 is 1.49 bits per heavy atom. The zero-order chi connectivity index (χ0) is 23.9. The molecule has 0 spiro atoms. The Labute approximate surface area is 206 Å². The number of hydrogen-bond donors (Lipinski definition) is 0. The molecule has 2 heterocycles. The maximum Gasteiger partial charge on any atom is 0.410 e. The summed E-state index contributed by atoms with van der Waals surface area (Å²) in [4.78, 5) is 28.6. The molecule has 2 fully saturated rings. The van der Waals surface area contributed by atoms with Crippen molar-refractivity contribution in [2.45, 2.75) is 57.0 Å². The summed E-state index contributed by atoms with van der Waals surface area (Å²) in [7, 11) is 0. The molecule has 1 aliphatic carbocycles. The molecule has 2 bridgehead atoms. The number of ether oxygens (including phenoxy) is 1. The second kappa shape index (κ2) is 8.99. The van der Waals surface area contributed by atoms with Gasteiger partial charge in [-0.25, -0.2) is 4.79 Å². The Balaban J connectivity index is 1.17. The number of fused-ring (bicyclic) bond motifs is 5. The average molecular weight is 466 g/mol. The van der Waals surface area contributed by atoms with Crippen LogP contribution in [0.1, 0.15) is 65.1 Å². The average Bonchev–Trinajstić information content (AvgIpc) is 3.20. The molecule has 4 heteroatoms. The molecule has 3 aliphatic rings. The minimum atomic E-state index is -0.219. The summed E-state index contributed by atoms with van der Waals surface area (Å²) >= 11 is 0. The number of amides is 1. The molecule has 0 N–H and O–H groups in total. The summed E-state index contributed by atoms with van der Waals surface area (Å²) in [5, 5.41) is 0. The summed E-state index contributed by atoms with van der Waals surface area (Å²) in [5.41, 5.74) is 6.82. The SMILES string of the molecule is Cc1cccc(C(=O)C2CC3CCCC(C2)N3C(=O)OCC2c3ccccc3-c3ccccc32)c1. The molecular weight excluding hydrogens is 434 g/mol. The normalized spacial score (nSPS) is 22.9. The van der Waals surface area contributed by atoms with Gasteiger partial charge in [0.25, 0.3) is 0 Å². The van der Waals surface area contributed by atoms with Gasteiger partial charge in [0.2, 0.25) is 0 Å². The molecule has 2 unspecified atom stereocenters. The van der Waals surface area contributed by atoms with Crippen LogP contribution in [-0.2, 0) is 4.74 Å². The molecule has 1 amide bonds. The number of carbonyl (C=O) groups excluding carboxylic acids is 2. The lowest BCUT2D eigenvalue weighted by atomic mass is 9.76. The Hall–Kier alpha value is -3.40. The summed E-state index contributed by atoms with van der Waals surface area (Å²) in [6.07, 6.45) is 4.23. The van der Waals surface area contributed by atoms with Gasteiger partial charge >= 0.3 is 6.09 Å². The second-order valence-electron chi connectivity index (χ2n) is 10.4. The van der Waals surface area contributed by atoms with Crippen LogP contribution in [0, 0.1) is 12.8 Å². The van der Waals surface area contributed by atoms with Crippen LogP contribution in [0.5, 0.6) is 0 Å². The van der Waals surface area contributed by atoms with Crippen LogP contribution in [0.2, 0.25) is 0 Å². The van der Waals surface area contributed by atoms with Crippen molar-refractivity contribution in [2.75, 3.05) is 6.61 Å². The van der Waals surface area contributed by atoms with Crippen LogP contribution in [0.4, 0.5) is 4.79 Å². The number of ketones is 1. The molecule has 0 saturated carbocycles. The van der Waals surface area contributed by atoms with Gasteiger partial charge in [-0.2, -0.15) is 0 Å². The van der Waals surface area contributed by atoms with Crippen molar-refractivity contribution < 1.29 is 14.3 Å². The van der Waals surface area contributed by atoms with E-state index < -0.39 is 0 Å². The lowest BCUT2D eigenvalue weighted by Crippen LogP contribution is -2.55. The Kier molecular flexibility index (Phi) is 5.68. The van der Waals surface area contributed by atoms with Gasteiger partial charge in [0.15, 0.2) is 5.78 Å². The lowest BCUT2D eigenvalue weighted by Gasteiger charge is -2.47. The molecule has 2 saturated heterocycles. The van der Waals surface area contributed by atoms with Crippen molar-refractivity contribution in [1.82, 2.24) is 4.90 Å². The third-order valence-electron chi connectivity index (χ3n) is 8.19. The third kappa shape index (κ3) is 3.95. The van der Waals surface area contributed by atoms with Crippen LogP contribution >= 0.6 is 0 Å². The highest BCUT2D eigenvalue weighted by molar-refractivity contribution is 5.98. The van der Waals surface area contributed by atoms with E-state index in [2.05, 4.69) is 48.5 Å². The van der Waals surface area contributed by atoms with E-state index in [0.29, 0.717) is 6.61 Å². The number of nitrogens with zero attached hydrogens (tertiary/aromatic N) is 1. The first kappa shape index (κ1) is 22.1. The molecular formula is C31H31NO3. The highest BCUT2D eigenvalue weighted by Crippen LogP contribution is 2.45. The molecule has 4 nitrogen and oxygen atoms in total. The smallest absolute Gasteiger partial charge is 0.410 e. The molecule has 3 aromatic rings. The first-order chi connectivity index (χ1) is 17.1. The Bertz CT molecular complexity index is 1220. The molecule has 0 radical (unpaired) electrons. The molecule has 35 heavy (non-hydrogen) atoms. The predicted molar refractivity (Wildman–Crippen MR) is 137 cm³/mol. The quantitative estimate of drug-likeness (QED) is 0.400.